The smallest absolute Gasteiger partial charge is 0.336 e. The minimum absolute atomic E-state index is 0.0747. The van der Waals surface area contributed by atoms with Crippen LogP contribution in [0.5, 0.6) is 0 Å². The van der Waals surface area contributed by atoms with Crippen LogP contribution in [0.15, 0.2) is 23.8 Å². The lowest BCUT2D eigenvalue weighted by molar-refractivity contribution is -0.135. The number of aliphatic carboxylic acids is 2. The Hall–Kier alpha value is -1.58. The van der Waals surface area contributed by atoms with Crippen molar-refractivity contribution in [3.8, 4) is 0 Å². The van der Waals surface area contributed by atoms with Gasteiger partial charge in [0.1, 0.15) is 0 Å². The van der Waals surface area contributed by atoms with E-state index in [1.165, 1.54) is 0 Å². The summed E-state index contributed by atoms with van der Waals surface area (Å²) < 4.78 is 0. The van der Waals surface area contributed by atoms with Crippen molar-refractivity contribution in [2.75, 3.05) is 0 Å². The normalized spacial score (nSPS) is 11.8. The van der Waals surface area contributed by atoms with Gasteiger partial charge in [0.25, 0.3) is 0 Å². The number of carboxylic acid groups (broad SMARTS) is 2. The molecule has 0 spiro atoms. The summed E-state index contributed by atoms with van der Waals surface area (Å²) in [4.78, 5) is 21.4. The summed E-state index contributed by atoms with van der Waals surface area (Å²) in [5, 5.41) is 17.5. The first-order valence-electron chi connectivity index (χ1n) is 4.36. The molecule has 0 aromatic rings. The van der Waals surface area contributed by atoms with Crippen LogP contribution in [0.25, 0.3) is 0 Å². The van der Waals surface area contributed by atoms with Crippen molar-refractivity contribution in [1.29, 1.82) is 0 Å². The molecule has 0 bridgehead atoms. The zero-order chi connectivity index (χ0) is 11.1. The van der Waals surface area contributed by atoms with E-state index in [4.69, 9.17) is 10.2 Å². The minimum Gasteiger partial charge on any atom is -0.478 e. The SMILES string of the molecule is C=C/C(C(=O)O)=C(\CCCC)C(=O)O. The Balaban J connectivity index is 4.99. The van der Waals surface area contributed by atoms with Gasteiger partial charge < -0.3 is 10.2 Å². The van der Waals surface area contributed by atoms with Crippen molar-refractivity contribution in [3.63, 3.8) is 0 Å². The molecule has 4 heteroatoms. The molecule has 0 aliphatic heterocycles. The van der Waals surface area contributed by atoms with Crippen LogP contribution in [0.4, 0.5) is 0 Å². The summed E-state index contributed by atoms with van der Waals surface area (Å²) in [6.07, 6.45) is 2.81. The summed E-state index contributed by atoms with van der Waals surface area (Å²) in [7, 11) is 0. The molecule has 0 fully saturated rings. The zero-order valence-corrected chi connectivity index (χ0v) is 8.12. The second-order valence-corrected chi connectivity index (χ2v) is 2.81. The minimum atomic E-state index is -1.24. The molecular formula is C10H14O4. The molecule has 0 saturated heterocycles. The summed E-state index contributed by atoms with van der Waals surface area (Å²) in [5.74, 6) is -2.43. The first-order chi connectivity index (χ1) is 6.54. The van der Waals surface area contributed by atoms with E-state index in [1.807, 2.05) is 6.92 Å². The highest BCUT2D eigenvalue weighted by Crippen LogP contribution is 2.14. The lowest BCUT2D eigenvalue weighted by atomic mass is 10.0. The summed E-state index contributed by atoms with van der Waals surface area (Å²) in [5.41, 5.74) is -0.291. The van der Waals surface area contributed by atoms with Gasteiger partial charge in [-0.15, -0.1) is 0 Å². The molecule has 0 aromatic heterocycles. The molecule has 2 N–H and O–H groups in total. The van der Waals surface area contributed by atoms with Crippen LogP contribution in [-0.4, -0.2) is 22.2 Å². The van der Waals surface area contributed by atoms with Crippen LogP contribution in [-0.2, 0) is 9.59 Å². The number of carboxylic acids is 2. The predicted octanol–water partition coefficient (Wildman–Crippen LogP) is 1.83. The molecule has 0 aromatic carbocycles. The first-order valence-corrected chi connectivity index (χ1v) is 4.36. The highest BCUT2D eigenvalue weighted by molar-refractivity contribution is 6.00. The van der Waals surface area contributed by atoms with E-state index in [0.29, 0.717) is 6.42 Å². The van der Waals surface area contributed by atoms with Crippen LogP contribution in [0.3, 0.4) is 0 Å². The van der Waals surface area contributed by atoms with Crippen LogP contribution >= 0.6 is 0 Å². The summed E-state index contributed by atoms with van der Waals surface area (Å²) in [6, 6.07) is 0. The van der Waals surface area contributed by atoms with E-state index in [0.717, 1.165) is 12.5 Å². The average Bonchev–Trinajstić information content (AvgIpc) is 2.10. The van der Waals surface area contributed by atoms with Gasteiger partial charge in [0.15, 0.2) is 0 Å². The number of carbonyl (C=O) groups is 2. The zero-order valence-electron chi connectivity index (χ0n) is 8.12. The van der Waals surface area contributed by atoms with Crippen LogP contribution in [0, 0.1) is 0 Å². The Morgan fingerprint density at radius 1 is 1.29 bits per heavy atom. The maximum Gasteiger partial charge on any atom is 0.336 e. The molecule has 0 saturated carbocycles. The maximum atomic E-state index is 10.7. The highest BCUT2D eigenvalue weighted by Gasteiger charge is 2.16. The molecule has 78 valence electrons. The second-order valence-electron chi connectivity index (χ2n) is 2.81. The van der Waals surface area contributed by atoms with E-state index in [1.54, 1.807) is 0 Å². The summed E-state index contributed by atoms with van der Waals surface area (Å²) in [6.45, 7) is 5.20. The molecule has 0 aliphatic rings. The molecular weight excluding hydrogens is 184 g/mol. The van der Waals surface area contributed by atoms with Crippen molar-refractivity contribution < 1.29 is 19.8 Å². The van der Waals surface area contributed by atoms with E-state index in [9.17, 15) is 9.59 Å². The number of hydrogen-bond acceptors (Lipinski definition) is 2. The van der Waals surface area contributed by atoms with Gasteiger partial charge in [0, 0.05) is 0 Å². The van der Waals surface area contributed by atoms with Gasteiger partial charge in [0.05, 0.1) is 11.1 Å². The van der Waals surface area contributed by atoms with E-state index < -0.39 is 11.9 Å². The third-order valence-electron chi connectivity index (χ3n) is 1.80. The fourth-order valence-electron chi connectivity index (χ4n) is 1.05. The van der Waals surface area contributed by atoms with Crippen LogP contribution < -0.4 is 0 Å². The molecule has 0 atom stereocenters. The van der Waals surface area contributed by atoms with Crippen molar-refractivity contribution in [1.82, 2.24) is 0 Å². The lowest BCUT2D eigenvalue weighted by Crippen LogP contribution is -2.10. The second kappa shape index (κ2) is 5.96. The molecule has 0 aliphatic carbocycles. The maximum absolute atomic E-state index is 10.7. The van der Waals surface area contributed by atoms with Crippen molar-refractivity contribution in [2.45, 2.75) is 26.2 Å². The number of rotatable bonds is 6. The molecule has 0 amide bonds. The van der Waals surface area contributed by atoms with Gasteiger partial charge in [-0.3, -0.25) is 0 Å². The molecule has 4 nitrogen and oxygen atoms in total. The largest absolute Gasteiger partial charge is 0.478 e. The Labute approximate surface area is 82.6 Å². The van der Waals surface area contributed by atoms with Crippen molar-refractivity contribution >= 4 is 11.9 Å². The van der Waals surface area contributed by atoms with E-state index >= 15 is 0 Å². The fourth-order valence-corrected chi connectivity index (χ4v) is 1.05. The summed E-state index contributed by atoms with van der Waals surface area (Å²) >= 11 is 0. The van der Waals surface area contributed by atoms with Crippen LogP contribution in [0.1, 0.15) is 26.2 Å². The third kappa shape index (κ3) is 3.43. The molecule has 0 heterocycles. The van der Waals surface area contributed by atoms with Gasteiger partial charge in [-0.05, 0) is 12.8 Å². The Morgan fingerprint density at radius 2 is 1.86 bits per heavy atom. The number of hydrogen-bond donors (Lipinski definition) is 2. The van der Waals surface area contributed by atoms with E-state index in [2.05, 4.69) is 6.58 Å². The first kappa shape index (κ1) is 12.4. The van der Waals surface area contributed by atoms with E-state index in [-0.39, 0.29) is 17.6 Å². The topological polar surface area (TPSA) is 74.6 Å². The van der Waals surface area contributed by atoms with Crippen LogP contribution in [0.2, 0.25) is 0 Å². The van der Waals surface area contributed by atoms with Gasteiger partial charge in [-0.25, -0.2) is 9.59 Å². The quantitative estimate of drug-likeness (QED) is 0.504. The number of unbranched alkanes of at least 4 members (excludes halogenated alkanes) is 1. The predicted molar refractivity (Wildman–Crippen MR) is 52.0 cm³/mol. The highest BCUT2D eigenvalue weighted by atomic mass is 16.4. The standard InChI is InChI=1S/C10H14O4/c1-3-5-6-8(10(13)14)7(4-2)9(11)12/h4H,2-3,5-6H2,1H3,(H,11,12)(H,13,14)/b8-7-. The lowest BCUT2D eigenvalue weighted by Gasteiger charge is -2.04. The fraction of sp³-hybridized carbons (Fsp3) is 0.400. The Morgan fingerprint density at radius 3 is 2.14 bits per heavy atom. The van der Waals surface area contributed by atoms with Gasteiger partial charge in [-0.2, -0.15) is 0 Å². The van der Waals surface area contributed by atoms with Crippen molar-refractivity contribution in [2.24, 2.45) is 0 Å². The third-order valence-corrected chi connectivity index (χ3v) is 1.80. The van der Waals surface area contributed by atoms with Gasteiger partial charge in [-0.1, -0.05) is 26.0 Å². The van der Waals surface area contributed by atoms with Gasteiger partial charge >= 0.3 is 11.9 Å². The van der Waals surface area contributed by atoms with Crippen molar-refractivity contribution in [3.05, 3.63) is 23.8 Å². The average molecular weight is 198 g/mol. The Bertz CT molecular complexity index is 276. The Kier molecular flexibility index (Phi) is 5.29. The van der Waals surface area contributed by atoms with Gasteiger partial charge in [0.2, 0.25) is 0 Å². The molecule has 0 radical (unpaired) electrons. The molecule has 0 unspecified atom stereocenters. The molecule has 0 rings (SSSR count). The monoisotopic (exact) mass is 198 g/mol. The molecule has 14 heavy (non-hydrogen) atoms.